The minimum Gasteiger partial charge on any atom is -0.272 e. The molecule has 0 unspecified atom stereocenters. The van der Waals surface area contributed by atoms with Gasteiger partial charge in [-0.1, -0.05) is 47.5 Å². The lowest BCUT2D eigenvalue weighted by atomic mass is 10.2. The van der Waals surface area contributed by atoms with Crippen LogP contribution in [0.2, 0.25) is 10.0 Å². The number of halogens is 2. The normalized spacial score (nSPS) is 10.9. The molecule has 0 aliphatic rings. The molecule has 0 atom stereocenters. The number of hydrogen-bond donors (Lipinski definition) is 1. The number of aryl methyl sites for hydroxylation is 1. The number of nitrogens with zero attached hydrogens (tertiary/aromatic N) is 1. The van der Waals surface area contributed by atoms with Gasteiger partial charge in [-0.25, -0.2) is 5.43 Å². The molecule has 2 aromatic carbocycles. The smallest absolute Gasteiger partial charge is 0.250 e. The van der Waals surface area contributed by atoms with Crippen LogP contribution < -0.4 is 5.43 Å². The second-order valence-electron chi connectivity index (χ2n) is 4.48. The molecule has 22 heavy (non-hydrogen) atoms. The van der Waals surface area contributed by atoms with Crippen LogP contribution in [0.15, 0.2) is 52.5 Å². The summed E-state index contributed by atoms with van der Waals surface area (Å²) in [6.45, 7) is 2.01. The molecule has 0 heterocycles. The molecule has 6 heteroatoms. The number of benzene rings is 2. The zero-order valence-electron chi connectivity index (χ0n) is 11.8. The summed E-state index contributed by atoms with van der Waals surface area (Å²) in [6.07, 6.45) is 1.45. The standard InChI is InChI=1S/C16H14Cl2N2OS/c1-11-5-2-3-8-15(11)22-10-16(21)20-19-9-12-13(17)6-4-7-14(12)18/h2-9H,10H2,1H3,(H,20,21)/b19-9-. The summed E-state index contributed by atoms with van der Waals surface area (Å²) >= 11 is 13.5. The first-order chi connectivity index (χ1) is 10.6. The van der Waals surface area contributed by atoms with Gasteiger partial charge in [0.15, 0.2) is 0 Å². The molecule has 0 saturated carbocycles. The minimum absolute atomic E-state index is 0.187. The van der Waals surface area contributed by atoms with Crippen LogP contribution in [-0.4, -0.2) is 17.9 Å². The topological polar surface area (TPSA) is 41.5 Å². The van der Waals surface area contributed by atoms with Crippen LogP contribution in [0.4, 0.5) is 0 Å². The summed E-state index contributed by atoms with van der Waals surface area (Å²) in [4.78, 5) is 12.9. The van der Waals surface area contributed by atoms with Gasteiger partial charge in [0.2, 0.25) is 5.91 Å². The first-order valence-corrected chi connectivity index (χ1v) is 8.26. The van der Waals surface area contributed by atoms with Crippen molar-refractivity contribution in [3.8, 4) is 0 Å². The molecule has 0 spiro atoms. The maximum absolute atomic E-state index is 11.8. The largest absolute Gasteiger partial charge is 0.272 e. The van der Waals surface area contributed by atoms with Crippen molar-refractivity contribution in [2.45, 2.75) is 11.8 Å². The Labute approximate surface area is 143 Å². The summed E-state index contributed by atoms with van der Waals surface area (Å²) in [6, 6.07) is 13.1. The second kappa shape index (κ2) is 8.22. The van der Waals surface area contributed by atoms with Crippen LogP contribution in [0.1, 0.15) is 11.1 Å². The number of rotatable bonds is 5. The van der Waals surface area contributed by atoms with Crippen LogP contribution >= 0.6 is 35.0 Å². The van der Waals surface area contributed by atoms with Gasteiger partial charge in [0.25, 0.3) is 0 Å². The molecule has 1 N–H and O–H groups in total. The van der Waals surface area contributed by atoms with Crippen LogP contribution in [0.3, 0.4) is 0 Å². The van der Waals surface area contributed by atoms with Gasteiger partial charge in [0.05, 0.1) is 22.0 Å². The van der Waals surface area contributed by atoms with Crippen LogP contribution in [0.25, 0.3) is 0 Å². The Morgan fingerprint density at radius 1 is 1.18 bits per heavy atom. The van der Waals surface area contributed by atoms with Gasteiger partial charge < -0.3 is 0 Å². The summed E-state index contributed by atoms with van der Waals surface area (Å²) in [7, 11) is 0. The van der Waals surface area contributed by atoms with Crippen LogP contribution in [0, 0.1) is 6.92 Å². The van der Waals surface area contributed by atoms with Crippen molar-refractivity contribution in [3.05, 3.63) is 63.6 Å². The van der Waals surface area contributed by atoms with E-state index in [0.29, 0.717) is 21.4 Å². The Balaban J connectivity index is 1.88. The lowest BCUT2D eigenvalue weighted by Gasteiger charge is -2.04. The maximum atomic E-state index is 11.8. The Hall–Kier alpha value is -1.49. The number of hydrazone groups is 1. The predicted molar refractivity (Wildman–Crippen MR) is 94.1 cm³/mol. The molecule has 0 fully saturated rings. The number of carbonyl (C=O) groups is 1. The summed E-state index contributed by atoms with van der Waals surface area (Å²) in [5.74, 6) is 0.103. The quantitative estimate of drug-likeness (QED) is 0.487. The van der Waals surface area contributed by atoms with E-state index in [-0.39, 0.29) is 5.91 Å². The molecule has 0 aromatic heterocycles. The van der Waals surface area contributed by atoms with Gasteiger partial charge in [-0.15, -0.1) is 11.8 Å². The Morgan fingerprint density at radius 3 is 2.55 bits per heavy atom. The van der Waals surface area contributed by atoms with Crippen LogP contribution in [-0.2, 0) is 4.79 Å². The van der Waals surface area contributed by atoms with E-state index in [2.05, 4.69) is 10.5 Å². The first kappa shape index (κ1) is 16.9. The lowest BCUT2D eigenvalue weighted by molar-refractivity contribution is -0.118. The highest BCUT2D eigenvalue weighted by atomic mass is 35.5. The fraction of sp³-hybridized carbons (Fsp3) is 0.125. The van der Waals surface area contributed by atoms with E-state index in [1.165, 1.54) is 18.0 Å². The molecular formula is C16H14Cl2N2OS. The van der Waals surface area contributed by atoms with E-state index in [9.17, 15) is 4.79 Å². The number of hydrogen-bond acceptors (Lipinski definition) is 3. The highest BCUT2D eigenvalue weighted by molar-refractivity contribution is 8.00. The molecular weight excluding hydrogens is 339 g/mol. The van der Waals surface area contributed by atoms with Gasteiger partial charge in [-0.3, -0.25) is 4.79 Å². The van der Waals surface area contributed by atoms with Crippen molar-refractivity contribution in [1.29, 1.82) is 0 Å². The molecule has 114 valence electrons. The zero-order chi connectivity index (χ0) is 15.9. The van der Waals surface area contributed by atoms with Crippen molar-refractivity contribution in [2.75, 3.05) is 5.75 Å². The van der Waals surface area contributed by atoms with Gasteiger partial charge in [-0.2, -0.15) is 5.10 Å². The third kappa shape index (κ3) is 4.77. The Morgan fingerprint density at radius 2 is 1.86 bits per heavy atom. The van der Waals surface area contributed by atoms with E-state index < -0.39 is 0 Å². The summed E-state index contributed by atoms with van der Waals surface area (Å²) in [5.41, 5.74) is 4.19. The number of thioether (sulfide) groups is 1. The van der Waals surface area contributed by atoms with Crippen LogP contribution in [0.5, 0.6) is 0 Å². The molecule has 2 rings (SSSR count). The van der Waals surface area contributed by atoms with Crippen molar-refractivity contribution in [1.82, 2.24) is 5.43 Å². The van der Waals surface area contributed by atoms with E-state index in [1.54, 1.807) is 18.2 Å². The third-order valence-electron chi connectivity index (χ3n) is 2.83. The van der Waals surface area contributed by atoms with Crippen molar-refractivity contribution in [2.24, 2.45) is 5.10 Å². The molecule has 3 nitrogen and oxygen atoms in total. The fourth-order valence-electron chi connectivity index (χ4n) is 1.70. The third-order valence-corrected chi connectivity index (χ3v) is 4.67. The Bertz CT molecular complexity index is 684. The number of carbonyl (C=O) groups excluding carboxylic acids is 1. The van der Waals surface area contributed by atoms with Crippen molar-refractivity contribution >= 4 is 47.1 Å². The highest BCUT2D eigenvalue weighted by Crippen LogP contribution is 2.22. The molecule has 0 bridgehead atoms. The van der Waals surface area contributed by atoms with Gasteiger partial charge in [0.1, 0.15) is 0 Å². The Kier molecular flexibility index (Phi) is 6.31. The summed E-state index contributed by atoms with van der Waals surface area (Å²) in [5, 5.41) is 4.86. The fourth-order valence-corrected chi connectivity index (χ4v) is 3.01. The molecule has 2 aromatic rings. The zero-order valence-corrected chi connectivity index (χ0v) is 14.2. The molecule has 0 aliphatic heterocycles. The molecule has 0 saturated heterocycles. The average Bonchev–Trinajstić information content (AvgIpc) is 2.49. The van der Waals surface area contributed by atoms with Crippen molar-refractivity contribution < 1.29 is 4.79 Å². The predicted octanol–water partition coefficient (Wildman–Crippen LogP) is 4.54. The SMILES string of the molecule is Cc1ccccc1SCC(=O)N/N=C\c1c(Cl)cccc1Cl. The maximum Gasteiger partial charge on any atom is 0.250 e. The van der Waals surface area contributed by atoms with E-state index in [4.69, 9.17) is 23.2 Å². The number of nitrogens with one attached hydrogen (secondary N) is 1. The minimum atomic E-state index is -0.187. The average molecular weight is 353 g/mol. The highest BCUT2D eigenvalue weighted by Gasteiger charge is 2.05. The molecule has 0 aliphatic carbocycles. The monoisotopic (exact) mass is 352 g/mol. The van der Waals surface area contributed by atoms with E-state index in [0.717, 1.165) is 10.5 Å². The summed E-state index contributed by atoms with van der Waals surface area (Å²) < 4.78 is 0. The van der Waals surface area contributed by atoms with Gasteiger partial charge in [-0.05, 0) is 30.7 Å². The van der Waals surface area contributed by atoms with Crippen molar-refractivity contribution in [3.63, 3.8) is 0 Å². The van der Waals surface area contributed by atoms with E-state index >= 15 is 0 Å². The first-order valence-electron chi connectivity index (χ1n) is 6.52. The van der Waals surface area contributed by atoms with E-state index in [1.807, 2.05) is 31.2 Å². The molecule has 0 radical (unpaired) electrons. The molecule has 1 amide bonds. The number of amides is 1. The van der Waals surface area contributed by atoms with Gasteiger partial charge >= 0.3 is 0 Å². The second-order valence-corrected chi connectivity index (χ2v) is 6.31. The van der Waals surface area contributed by atoms with Gasteiger partial charge in [0, 0.05) is 10.5 Å². The lowest BCUT2D eigenvalue weighted by Crippen LogP contribution is -2.19.